The summed E-state index contributed by atoms with van der Waals surface area (Å²) in [6.45, 7) is 0.513. The molecule has 1 fully saturated rings. The summed E-state index contributed by atoms with van der Waals surface area (Å²) in [7, 11) is 1.70. The molecule has 2 atom stereocenters. The molecule has 124 valence electrons. The molecule has 0 spiro atoms. The second-order valence-corrected chi connectivity index (χ2v) is 6.94. The maximum Gasteiger partial charge on any atom is 0.222 e. The molecule has 0 aromatic carbocycles. The number of nitrogens with zero attached hydrogens (tertiary/aromatic N) is 2. The number of carbonyl (C=O) groups is 1. The quantitative estimate of drug-likeness (QED) is 0.784. The third kappa shape index (κ3) is 3.70. The van der Waals surface area contributed by atoms with Gasteiger partial charge in [0, 0.05) is 20.1 Å². The van der Waals surface area contributed by atoms with Crippen LogP contribution in [0.25, 0.3) is 10.7 Å². The van der Waals surface area contributed by atoms with E-state index in [1.54, 1.807) is 18.4 Å². The molecule has 0 unspecified atom stereocenters. The molecule has 8 heteroatoms. The average molecular weight is 352 g/mol. The Kier molecular flexibility index (Phi) is 5.24. The van der Waals surface area contributed by atoms with Crippen LogP contribution < -0.4 is 5.32 Å². The lowest BCUT2D eigenvalue weighted by atomic mass is 10.2. The molecule has 2 heterocycles. The average Bonchev–Trinajstić information content (AvgIpc) is 3.25. The predicted octanol–water partition coefficient (Wildman–Crippen LogP) is 2.74. The van der Waals surface area contributed by atoms with Gasteiger partial charge in [-0.1, -0.05) is 6.07 Å². The number of thiophene rings is 1. The van der Waals surface area contributed by atoms with Crippen molar-refractivity contribution in [2.24, 2.45) is 0 Å². The van der Waals surface area contributed by atoms with Crippen LogP contribution in [0.1, 0.15) is 25.7 Å². The van der Waals surface area contributed by atoms with Crippen LogP contribution in [0.2, 0.25) is 0 Å². The van der Waals surface area contributed by atoms with Gasteiger partial charge in [0.1, 0.15) is 0 Å². The first-order chi connectivity index (χ1) is 11.2. The minimum Gasteiger partial charge on any atom is -0.379 e. The van der Waals surface area contributed by atoms with Gasteiger partial charge in [-0.3, -0.25) is 14.5 Å². The predicted molar refractivity (Wildman–Crippen MR) is 91.9 cm³/mol. The van der Waals surface area contributed by atoms with Crippen LogP contribution in [0.4, 0.5) is 0 Å². The monoisotopic (exact) mass is 352 g/mol. The number of H-pyrrole nitrogens is 1. The number of aromatic amines is 1. The molecule has 6 nitrogen and oxygen atoms in total. The second kappa shape index (κ2) is 7.37. The summed E-state index contributed by atoms with van der Waals surface area (Å²) in [5.74, 6) is 0.813. The van der Waals surface area contributed by atoms with E-state index in [9.17, 15) is 4.79 Å². The highest BCUT2D eigenvalue weighted by Crippen LogP contribution is 2.23. The lowest BCUT2D eigenvalue weighted by molar-refractivity contribution is -0.122. The van der Waals surface area contributed by atoms with Gasteiger partial charge in [0.2, 0.25) is 5.91 Å². The number of carbonyl (C=O) groups excluding carboxylic acids is 1. The Morgan fingerprint density at radius 2 is 2.48 bits per heavy atom. The lowest BCUT2D eigenvalue weighted by Gasteiger charge is -2.19. The van der Waals surface area contributed by atoms with E-state index in [0.717, 1.165) is 30.0 Å². The maximum absolute atomic E-state index is 12.2. The van der Waals surface area contributed by atoms with Crippen molar-refractivity contribution >= 4 is 29.5 Å². The van der Waals surface area contributed by atoms with Crippen molar-refractivity contribution < 1.29 is 9.53 Å². The number of nitrogens with one attached hydrogen (secondary N) is 2. The van der Waals surface area contributed by atoms with Crippen molar-refractivity contribution in [2.75, 3.05) is 7.11 Å². The highest BCUT2D eigenvalue weighted by atomic mass is 32.1. The molecule has 1 aliphatic carbocycles. The Morgan fingerprint density at radius 3 is 3.22 bits per heavy atom. The highest BCUT2D eigenvalue weighted by Gasteiger charge is 2.28. The largest absolute Gasteiger partial charge is 0.379 e. The minimum absolute atomic E-state index is 0.0270. The van der Waals surface area contributed by atoms with E-state index in [1.165, 1.54) is 0 Å². The number of hydrogen-bond acceptors (Lipinski definition) is 5. The number of methoxy groups -OCH3 is 1. The first-order valence-electron chi connectivity index (χ1n) is 7.70. The van der Waals surface area contributed by atoms with E-state index >= 15 is 0 Å². The van der Waals surface area contributed by atoms with E-state index in [-0.39, 0.29) is 18.1 Å². The summed E-state index contributed by atoms with van der Waals surface area (Å²) in [5.41, 5.74) is 0. The maximum atomic E-state index is 12.2. The number of aromatic nitrogens is 3. The molecule has 2 aromatic rings. The number of hydrogen-bond donors (Lipinski definition) is 2. The van der Waals surface area contributed by atoms with Crippen molar-refractivity contribution in [3.05, 3.63) is 22.3 Å². The summed E-state index contributed by atoms with van der Waals surface area (Å²) in [6, 6.07) is 4.09. The fourth-order valence-corrected chi connectivity index (χ4v) is 3.93. The third-order valence-corrected chi connectivity index (χ3v) is 5.34. The van der Waals surface area contributed by atoms with E-state index in [0.29, 0.717) is 17.7 Å². The Bertz CT molecular complexity index is 707. The van der Waals surface area contributed by atoms with Crippen LogP contribution in [0.3, 0.4) is 0 Å². The van der Waals surface area contributed by atoms with Gasteiger partial charge >= 0.3 is 0 Å². The molecular formula is C15H20N4O2S2. The van der Waals surface area contributed by atoms with Crippen LogP contribution in [0, 0.1) is 4.77 Å². The molecule has 0 aliphatic heterocycles. The van der Waals surface area contributed by atoms with Crippen molar-refractivity contribution in [3.8, 4) is 10.7 Å². The number of ether oxygens (including phenoxy) is 1. The molecule has 2 aromatic heterocycles. The Balaban J connectivity index is 1.61. The summed E-state index contributed by atoms with van der Waals surface area (Å²) in [6.07, 6.45) is 3.60. The normalized spacial score (nSPS) is 20.7. The van der Waals surface area contributed by atoms with E-state index < -0.39 is 0 Å². The fourth-order valence-electron chi connectivity index (χ4n) is 2.98. The van der Waals surface area contributed by atoms with Crippen LogP contribution in [-0.4, -0.2) is 39.9 Å². The highest BCUT2D eigenvalue weighted by molar-refractivity contribution is 7.71. The second-order valence-electron chi connectivity index (χ2n) is 5.61. The smallest absolute Gasteiger partial charge is 0.222 e. The van der Waals surface area contributed by atoms with Crippen LogP contribution >= 0.6 is 23.6 Å². The van der Waals surface area contributed by atoms with Gasteiger partial charge < -0.3 is 10.1 Å². The molecule has 0 saturated heterocycles. The summed E-state index contributed by atoms with van der Waals surface area (Å²) >= 11 is 6.88. The molecule has 2 N–H and O–H groups in total. The summed E-state index contributed by atoms with van der Waals surface area (Å²) in [5, 5.41) is 12.2. The van der Waals surface area contributed by atoms with Crippen LogP contribution in [0.5, 0.6) is 0 Å². The standard InChI is InChI=1S/C15H20N4O2S2/c1-21-11-5-2-4-10(11)16-13(20)7-8-19-14(17-18-15(19)22)12-6-3-9-23-12/h3,6,9-11H,2,4-5,7-8H2,1H3,(H,16,20)(H,18,22)/t10-,11-/m0/s1. The molecule has 0 radical (unpaired) electrons. The van der Waals surface area contributed by atoms with Gasteiger partial charge in [0.05, 0.1) is 17.0 Å². The van der Waals surface area contributed by atoms with Gasteiger partial charge in [0.25, 0.3) is 0 Å². The van der Waals surface area contributed by atoms with Crippen molar-refractivity contribution in [3.63, 3.8) is 0 Å². The van der Waals surface area contributed by atoms with Crippen LogP contribution in [0.15, 0.2) is 17.5 Å². The van der Waals surface area contributed by atoms with E-state index in [4.69, 9.17) is 17.0 Å². The zero-order chi connectivity index (χ0) is 16.2. The van der Waals surface area contributed by atoms with Crippen molar-refractivity contribution in [1.82, 2.24) is 20.1 Å². The fraction of sp³-hybridized carbons (Fsp3) is 0.533. The molecule has 23 heavy (non-hydrogen) atoms. The molecule has 3 rings (SSSR count). The SMILES string of the molecule is CO[C@H]1CCC[C@@H]1NC(=O)CCn1c(-c2cccs2)n[nH]c1=S. The summed E-state index contributed by atoms with van der Waals surface area (Å²) in [4.78, 5) is 13.3. The Hall–Kier alpha value is -1.51. The molecule has 0 bridgehead atoms. The van der Waals surface area contributed by atoms with E-state index in [1.807, 2.05) is 22.1 Å². The molecular weight excluding hydrogens is 332 g/mol. The van der Waals surface area contributed by atoms with Crippen molar-refractivity contribution in [1.29, 1.82) is 0 Å². The Morgan fingerprint density at radius 1 is 1.61 bits per heavy atom. The van der Waals surface area contributed by atoms with E-state index in [2.05, 4.69) is 15.5 Å². The Labute approximate surface area is 143 Å². The zero-order valence-corrected chi connectivity index (χ0v) is 14.6. The third-order valence-electron chi connectivity index (χ3n) is 4.16. The number of rotatable bonds is 6. The lowest BCUT2D eigenvalue weighted by Crippen LogP contribution is -2.41. The molecule has 1 amide bonds. The topological polar surface area (TPSA) is 71.9 Å². The first-order valence-corrected chi connectivity index (χ1v) is 8.99. The van der Waals surface area contributed by atoms with Crippen LogP contribution in [-0.2, 0) is 16.1 Å². The van der Waals surface area contributed by atoms with Crippen molar-refractivity contribution in [2.45, 2.75) is 44.4 Å². The minimum atomic E-state index is 0.0270. The summed E-state index contributed by atoms with van der Waals surface area (Å²) < 4.78 is 7.83. The van der Waals surface area contributed by atoms with Gasteiger partial charge in [-0.2, -0.15) is 5.10 Å². The molecule has 1 saturated carbocycles. The zero-order valence-electron chi connectivity index (χ0n) is 12.9. The number of amides is 1. The van der Waals surface area contributed by atoms with Gasteiger partial charge in [0.15, 0.2) is 10.6 Å². The first kappa shape index (κ1) is 16.4. The van der Waals surface area contributed by atoms with Gasteiger partial charge in [-0.15, -0.1) is 11.3 Å². The van der Waals surface area contributed by atoms with Gasteiger partial charge in [-0.05, 0) is 42.9 Å². The van der Waals surface area contributed by atoms with Gasteiger partial charge in [-0.25, -0.2) is 0 Å². The molecule has 1 aliphatic rings.